The number of aromatic nitrogens is 3. The van der Waals surface area contributed by atoms with Crippen LogP contribution in [0.15, 0.2) is 18.6 Å². The van der Waals surface area contributed by atoms with E-state index in [9.17, 15) is 0 Å². The maximum atomic E-state index is 5.70. The molecule has 1 aliphatic rings. The Labute approximate surface area is 92.2 Å². The van der Waals surface area contributed by atoms with Crippen LogP contribution in [0.25, 0.3) is 5.65 Å². The predicted octanol–water partition coefficient (Wildman–Crippen LogP) is 0.549. The molecule has 6 heteroatoms. The summed E-state index contributed by atoms with van der Waals surface area (Å²) < 4.78 is 12.6. The highest BCUT2D eigenvalue weighted by atomic mass is 16.6. The average Bonchev–Trinajstić information content (AvgIpc) is 2.70. The van der Waals surface area contributed by atoms with E-state index in [1.165, 1.54) is 0 Å². The highest BCUT2D eigenvalue weighted by molar-refractivity contribution is 5.53. The summed E-state index contributed by atoms with van der Waals surface area (Å²) in [5, 5.41) is 2.99. The fourth-order valence-electron chi connectivity index (χ4n) is 1.54. The summed E-state index contributed by atoms with van der Waals surface area (Å²) in [6.45, 7) is 1.25. The van der Waals surface area contributed by atoms with E-state index < -0.39 is 0 Å². The number of nitrogens with one attached hydrogen (secondary N) is 1. The average molecular weight is 220 g/mol. The number of ether oxygens (including phenoxy) is 2. The van der Waals surface area contributed by atoms with Crippen molar-refractivity contribution in [2.45, 2.75) is 6.10 Å². The molecule has 1 N–H and O–H groups in total. The van der Waals surface area contributed by atoms with Gasteiger partial charge >= 0.3 is 0 Å². The molecule has 1 fully saturated rings. The first-order chi connectivity index (χ1) is 7.86. The van der Waals surface area contributed by atoms with Crippen LogP contribution in [0.4, 0.5) is 5.82 Å². The molecular formula is C10H12N4O2. The molecular weight excluding hydrogens is 208 g/mol. The largest absolute Gasteiger partial charge is 0.467 e. The molecule has 0 amide bonds. The number of hydrogen-bond donors (Lipinski definition) is 1. The summed E-state index contributed by atoms with van der Waals surface area (Å²) in [5.41, 5.74) is 0.728. The SMILES string of the molecule is CNc1cn2ccnc2c(OC2COC2)n1. The quantitative estimate of drug-likeness (QED) is 0.818. The van der Waals surface area contributed by atoms with Crippen molar-refractivity contribution < 1.29 is 9.47 Å². The van der Waals surface area contributed by atoms with E-state index in [0.29, 0.717) is 19.1 Å². The van der Waals surface area contributed by atoms with E-state index in [0.717, 1.165) is 11.5 Å². The number of anilines is 1. The van der Waals surface area contributed by atoms with Gasteiger partial charge in [-0.3, -0.25) is 4.40 Å². The summed E-state index contributed by atoms with van der Waals surface area (Å²) in [6, 6.07) is 0. The van der Waals surface area contributed by atoms with Crippen LogP contribution in [-0.4, -0.2) is 40.7 Å². The molecule has 0 bridgehead atoms. The Bertz CT molecular complexity index is 506. The smallest absolute Gasteiger partial charge is 0.260 e. The molecule has 3 rings (SSSR count). The first-order valence-electron chi connectivity index (χ1n) is 5.12. The summed E-state index contributed by atoms with van der Waals surface area (Å²) in [5.74, 6) is 1.30. The molecule has 1 saturated heterocycles. The molecule has 3 heterocycles. The lowest BCUT2D eigenvalue weighted by Crippen LogP contribution is -2.38. The number of imidazole rings is 1. The standard InChI is InChI=1S/C10H12N4O2/c1-11-8-4-14-3-2-12-9(14)10(13-8)16-7-5-15-6-7/h2-4,7,11H,5-6H2,1H3. The van der Waals surface area contributed by atoms with Gasteiger partial charge in [0, 0.05) is 19.4 Å². The van der Waals surface area contributed by atoms with E-state index in [-0.39, 0.29) is 6.10 Å². The van der Waals surface area contributed by atoms with Crippen LogP contribution in [0.3, 0.4) is 0 Å². The van der Waals surface area contributed by atoms with Crippen LogP contribution in [-0.2, 0) is 4.74 Å². The van der Waals surface area contributed by atoms with E-state index in [1.807, 2.05) is 23.8 Å². The van der Waals surface area contributed by atoms with Gasteiger partial charge in [0.2, 0.25) is 5.65 Å². The third kappa shape index (κ3) is 1.47. The molecule has 2 aromatic rings. The Kier molecular flexibility index (Phi) is 2.14. The molecule has 0 spiro atoms. The molecule has 0 aliphatic carbocycles. The molecule has 0 atom stereocenters. The van der Waals surface area contributed by atoms with Gasteiger partial charge in [-0.15, -0.1) is 0 Å². The van der Waals surface area contributed by atoms with Crippen molar-refractivity contribution in [2.24, 2.45) is 0 Å². The zero-order chi connectivity index (χ0) is 11.0. The minimum Gasteiger partial charge on any atom is -0.467 e. The Morgan fingerprint density at radius 3 is 3.12 bits per heavy atom. The fourth-order valence-corrected chi connectivity index (χ4v) is 1.54. The van der Waals surface area contributed by atoms with Crippen LogP contribution in [0.5, 0.6) is 5.88 Å². The highest BCUT2D eigenvalue weighted by Gasteiger charge is 2.22. The molecule has 1 aliphatic heterocycles. The minimum atomic E-state index is 0.0973. The van der Waals surface area contributed by atoms with Crippen molar-refractivity contribution >= 4 is 11.5 Å². The van der Waals surface area contributed by atoms with Crippen LogP contribution in [0, 0.1) is 0 Å². The Balaban J connectivity index is 2.01. The van der Waals surface area contributed by atoms with E-state index >= 15 is 0 Å². The number of fused-ring (bicyclic) bond motifs is 1. The zero-order valence-electron chi connectivity index (χ0n) is 8.88. The van der Waals surface area contributed by atoms with Crippen molar-refractivity contribution in [3.8, 4) is 5.88 Å². The van der Waals surface area contributed by atoms with Gasteiger partial charge in [0.25, 0.3) is 5.88 Å². The summed E-state index contributed by atoms with van der Waals surface area (Å²) >= 11 is 0. The van der Waals surface area contributed by atoms with Gasteiger partial charge in [-0.05, 0) is 0 Å². The molecule has 16 heavy (non-hydrogen) atoms. The monoisotopic (exact) mass is 220 g/mol. The minimum absolute atomic E-state index is 0.0973. The van der Waals surface area contributed by atoms with Crippen molar-refractivity contribution in [2.75, 3.05) is 25.6 Å². The maximum Gasteiger partial charge on any atom is 0.260 e. The van der Waals surface area contributed by atoms with Gasteiger partial charge < -0.3 is 14.8 Å². The zero-order valence-corrected chi connectivity index (χ0v) is 8.88. The summed E-state index contributed by atoms with van der Waals surface area (Å²) in [6.07, 6.45) is 5.55. The molecule has 6 nitrogen and oxygen atoms in total. The first kappa shape index (κ1) is 9.41. The lowest BCUT2D eigenvalue weighted by molar-refractivity contribution is -0.0808. The van der Waals surface area contributed by atoms with Crippen LogP contribution < -0.4 is 10.1 Å². The van der Waals surface area contributed by atoms with Crippen LogP contribution in [0.2, 0.25) is 0 Å². The van der Waals surface area contributed by atoms with Gasteiger partial charge in [0.1, 0.15) is 11.9 Å². The maximum absolute atomic E-state index is 5.70. The molecule has 0 unspecified atom stereocenters. The Morgan fingerprint density at radius 1 is 1.56 bits per heavy atom. The van der Waals surface area contributed by atoms with Crippen LogP contribution in [0.1, 0.15) is 0 Å². The van der Waals surface area contributed by atoms with Gasteiger partial charge in [-0.1, -0.05) is 0 Å². The topological polar surface area (TPSA) is 60.7 Å². The van der Waals surface area contributed by atoms with Crippen LogP contribution >= 0.6 is 0 Å². The van der Waals surface area contributed by atoms with E-state index in [2.05, 4.69) is 15.3 Å². The van der Waals surface area contributed by atoms with Crippen molar-refractivity contribution in [1.82, 2.24) is 14.4 Å². The number of hydrogen-bond acceptors (Lipinski definition) is 5. The summed E-state index contributed by atoms with van der Waals surface area (Å²) in [4.78, 5) is 8.55. The third-order valence-corrected chi connectivity index (χ3v) is 2.49. The van der Waals surface area contributed by atoms with Gasteiger partial charge in [0.15, 0.2) is 0 Å². The molecule has 84 valence electrons. The Morgan fingerprint density at radius 2 is 2.44 bits per heavy atom. The predicted molar refractivity (Wildman–Crippen MR) is 57.8 cm³/mol. The van der Waals surface area contributed by atoms with Gasteiger partial charge in [-0.2, -0.15) is 4.98 Å². The van der Waals surface area contributed by atoms with Gasteiger partial charge in [-0.25, -0.2) is 4.98 Å². The lowest BCUT2D eigenvalue weighted by Gasteiger charge is -2.26. The first-order valence-corrected chi connectivity index (χ1v) is 5.12. The van der Waals surface area contributed by atoms with Crippen molar-refractivity contribution in [3.63, 3.8) is 0 Å². The van der Waals surface area contributed by atoms with Crippen molar-refractivity contribution in [3.05, 3.63) is 18.6 Å². The van der Waals surface area contributed by atoms with E-state index in [1.54, 1.807) is 6.20 Å². The normalized spacial score (nSPS) is 16.1. The summed E-state index contributed by atoms with van der Waals surface area (Å²) in [7, 11) is 1.82. The molecule has 2 aromatic heterocycles. The second-order valence-corrected chi connectivity index (χ2v) is 3.62. The van der Waals surface area contributed by atoms with E-state index in [4.69, 9.17) is 9.47 Å². The second-order valence-electron chi connectivity index (χ2n) is 3.62. The molecule has 0 saturated carbocycles. The molecule has 0 aromatic carbocycles. The Hall–Kier alpha value is -1.82. The number of rotatable bonds is 3. The lowest BCUT2D eigenvalue weighted by atomic mass is 10.3. The number of nitrogens with zero attached hydrogens (tertiary/aromatic N) is 3. The van der Waals surface area contributed by atoms with Crippen molar-refractivity contribution in [1.29, 1.82) is 0 Å². The highest BCUT2D eigenvalue weighted by Crippen LogP contribution is 2.21. The fraction of sp³-hybridized carbons (Fsp3) is 0.400. The second kappa shape index (κ2) is 3.64. The third-order valence-electron chi connectivity index (χ3n) is 2.49. The van der Waals surface area contributed by atoms with Gasteiger partial charge in [0.05, 0.1) is 19.4 Å². The molecule has 0 radical (unpaired) electrons.